The van der Waals surface area contributed by atoms with Gasteiger partial charge in [-0.25, -0.2) is 0 Å². The molecular formula is C16H25NOS. The van der Waals surface area contributed by atoms with Crippen molar-refractivity contribution >= 4 is 10.8 Å². The van der Waals surface area contributed by atoms with Crippen molar-refractivity contribution in [2.24, 2.45) is 0 Å². The molecule has 1 aliphatic carbocycles. The molecule has 3 atom stereocenters. The van der Waals surface area contributed by atoms with Crippen molar-refractivity contribution in [1.82, 2.24) is 5.32 Å². The lowest BCUT2D eigenvalue weighted by molar-refractivity contribution is 0.564. The Morgan fingerprint density at radius 1 is 1.21 bits per heavy atom. The second-order valence-electron chi connectivity index (χ2n) is 5.62. The normalized spacial score (nSPS) is 21.2. The summed E-state index contributed by atoms with van der Waals surface area (Å²) in [5.74, 6) is 0. The Morgan fingerprint density at radius 2 is 1.79 bits per heavy atom. The minimum Gasteiger partial charge on any atom is -0.312 e. The predicted molar refractivity (Wildman–Crippen MR) is 82.8 cm³/mol. The first-order valence-electron chi connectivity index (χ1n) is 7.26. The monoisotopic (exact) mass is 279 g/mol. The first-order chi connectivity index (χ1) is 9.13. The van der Waals surface area contributed by atoms with Gasteiger partial charge in [-0.15, -0.1) is 0 Å². The molecule has 0 radical (unpaired) electrons. The van der Waals surface area contributed by atoms with Crippen LogP contribution in [-0.2, 0) is 10.8 Å². The molecule has 0 bridgehead atoms. The third-order valence-corrected chi connectivity index (χ3v) is 6.35. The smallest absolute Gasteiger partial charge is 0.0517 e. The van der Waals surface area contributed by atoms with Crippen molar-refractivity contribution in [3.63, 3.8) is 0 Å². The number of aryl methyl sites for hydroxylation is 1. The number of hydrogen-bond donors (Lipinski definition) is 1. The molecule has 0 aliphatic heterocycles. The topological polar surface area (TPSA) is 29.1 Å². The standard InChI is InChI=1S/C16H25NOS/c1-12-8-10-14(11-9-12)16(17-3)13(2)19(18)15-6-4-5-7-15/h8-11,13,15-17H,4-7H2,1-3H3. The van der Waals surface area contributed by atoms with Crippen LogP contribution in [-0.4, -0.2) is 21.8 Å². The summed E-state index contributed by atoms with van der Waals surface area (Å²) in [6, 6.07) is 8.75. The summed E-state index contributed by atoms with van der Waals surface area (Å²) in [4.78, 5) is 0. The van der Waals surface area contributed by atoms with E-state index in [4.69, 9.17) is 0 Å². The minimum absolute atomic E-state index is 0.163. The lowest BCUT2D eigenvalue weighted by Crippen LogP contribution is -2.34. The van der Waals surface area contributed by atoms with Gasteiger partial charge in [0.15, 0.2) is 0 Å². The summed E-state index contributed by atoms with van der Waals surface area (Å²) in [6.07, 6.45) is 4.78. The fourth-order valence-corrected chi connectivity index (χ4v) is 4.97. The van der Waals surface area contributed by atoms with Crippen LogP contribution >= 0.6 is 0 Å². The number of rotatable bonds is 5. The third-order valence-electron chi connectivity index (χ3n) is 4.21. The van der Waals surface area contributed by atoms with Crippen LogP contribution in [0.1, 0.15) is 49.8 Å². The SMILES string of the molecule is CNC(c1ccc(C)cc1)C(C)S(=O)C1CCCC1. The van der Waals surface area contributed by atoms with E-state index >= 15 is 0 Å². The van der Waals surface area contributed by atoms with Crippen molar-refractivity contribution < 1.29 is 4.21 Å². The minimum atomic E-state index is -0.738. The average molecular weight is 279 g/mol. The first kappa shape index (κ1) is 14.7. The van der Waals surface area contributed by atoms with Crippen LogP contribution < -0.4 is 5.32 Å². The molecule has 106 valence electrons. The molecule has 1 aliphatic rings. The molecule has 3 heteroatoms. The molecular weight excluding hydrogens is 254 g/mol. The summed E-state index contributed by atoms with van der Waals surface area (Å²) >= 11 is 0. The highest BCUT2D eigenvalue weighted by molar-refractivity contribution is 7.86. The van der Waals surface area contributed by atoms with Crippen LogP contribution in [0.15, 0.2) is 24.3 Å². The van der Waals surface area contributed by atoms with Crippen LogP contribution in [0.25, 0.3) is 0 Å². The van der Waals surface area contributed by atoms with Gasteiger partial charge in [-0.05, 0) is 39.3 Å². The molecule has 19 heavy (non-hydrogen) atoms. The van der Waals surface area contributed by atoms with Crippen LogP contribution in [0.2, 0.25) is 0 Å². The van der Waals surface area contributed by atoms with Crippen LogP contribution in [0.5, 0.6) is 0 Å². The quantitative estimate of drug-likeness (QED) is 0.895. The number of hydrogen-bond acceptors (Lipinski definition) is 2. The highest BCUT2D eigenvalue weighted by atomic mass is 32.2. The van der Waals surface area contributed by atoms with E-state index in [9.17, 15) is 4.21 Å². The maximum absolute atomic E-state index is 12.7. The van der Waals surface area contributed by atoms with Crippen molar-refractivity contribution in [2.75, 3.05) is 7.05 Å². The summed E-state index contributed by atoms with van der Waals surface area (Å²) in [5, 5.41) is 3.92. The van der Waals surface area contributed by atoms with Gasteiger partial charge < -0.3 is 5.32 Å². The maximum Gasteiger partial charge on any atom is 0.0517 e. The van der Waals surface area contributed by atoms with Gasteiger partial charge in [-0.3, -0.25) is 4.21 Å². The van der Waals surface area contributed by atoms with E-state index < -0.39 is 10.8 Å². The number of nitrogens with one attached hydrogen (secondary N) is 1. The van der Waals surface area contributed by atoms with Gasteiger partial charge in [-0.1, -0.05) is 42.7 Å². The number of benzene rings is 1. The van der Waals surface area contributed by atoms with Crippen molar-refractivity contribution in [2.45, 2.75) is 56.1 Å². The Balaban J connectivity index is 2.11. The Kier molecular flexibility index (Phi) is 5.17. The molecule has 0 heterocycles. The van der Waals surface area contributed by atoms with Gasteiger partial charge in [0.2, 0.25) is 0 Å². The van der Waals surface area contributed by atoms with Crippen molar-refractivity contribution in [3.05, 3.63) is 35.4 Å². The zero-order valence-corrected chi connectivity index (χ0v) is 13.0. The Hall–Kier alpha value is -0.670. The van der Waals surface area contributed by atoms with E-state index in [0.717, 1.165) is 12.8 Å². The Morgan fingerprint density at radius 3 is 2.32 bits per heavy atom. The average Bonchev–Trinajstić information content (AvgIpc) is 2.94. The van der Waals surface area contributed by atoms with E-state index in [1.165, 1.54) is 24.0 Å². The molecule has 0 amide bonds. The predicted octanol–water partition coefficient (Wildman–Crippen LogP) is 3.34. The largest absolute Gasteiger partial charge is 0.312 e. The molecule has 0 spiro atoms. The maximum atomic E-state index is 12.7. The summed E-state index contributed by atoms with van der Waals surface area (Å²) in [7, 11) is 1.23. The summed E-state index contributed by atoms with van der Waals surface area (Å²) in [5.41, 5.74) is 2.51. The molecule has 2 nitrogen and oxygen atoms in total. The molecule has 1 aromatic carbocycles. The Bertz CT molecular complexity index is 423. The molecule has 3 unspecified atom stereocenters. The molecule has 0 aromatic heterocycles. The Labute approximate surface area is 119 Å². The molecule has 1 saturated carbocycles. The molecule has 1 aromatic rings. The highest BCUT2D eigenvalue weighted by Crippen LogP contribution is 2.29. The van der Waals surface area contributed by atoms with Gasteiger partial charge in [0.1, 0.15) is 0 Å². The van der Waals surface area contributed by atoms with Crippen molar-refractivity contribution in [3.8, 4) is 0 Å². The fourth-order valence-electron chi connectivity index (χ4n) is 3.00. The summed E-state index contributed by atoms with van der Waals surface area (Å²) in [6.45, 7) is 4.22. The third kappa shape index (κ3) is 3.46. The highest BCUT2D eigenvalue weighted by Gasteiger charge is 2.30. The molecule has 2 rings (SSSR count). The fraction of sp³-hybridized carbons (Fsp3) is 0.625. The van der Waals surface area contributed by atoms with Gasteiger partial charge in [0.05, 0.1) is 5.25 Å². The zero-order chi connectivity index (χ0) is 13.8. The summed E-state index contributed by atoms with van der Waals surface area (Å²) < 4.78 is 12.7. The van der Waals surface area contributed by atoms with E-state index in [1.54, 1.807) is 0 Å². The van der Waals surface area contributed by atoms with E-state index in [0.29, 0.717) is 5.25 Å². The first-order valence-corrected chi connectivity index (χ1v) is 8.54. The second kappa shape index (κ2) is 6.67. The molecule has 1 fully saturated rings. The molecule has 1 N–H and O–H groups in total. The second-order valence-corrected chi connectivity index (χ2v) is 7.68. The van der Waals surface area contributed by atoms with Crippen molar-refractivity contribution in [1.29, 1.82) is 0 Å². The van der Waals surface area contributed by atoms with Crippen LogP contribution in [0.3, 0.4) is 0 Å². The van der Waals surface area contributed by atoms with Crippen LogP contribution in [0.4, 0.5) is 0 Å². The zero-order valence-electron chi connectivity index (χ0n) is 12.2. The van der Waals surface area contributed by atoms with E-state index in [-0.39, 0.29) is 11.3 Å². The van der Waals surface area contributed by atoms with Crippen LogP contribution in [0, 0.1) is 6.92 Å². The van der Waals surface area contributed by atoms with Gasteiger partial charge in [-0.2, -0.15) is 0 Å². The van der Waals surface area contributed by atoms with E-state index in [2.05, 4.69) is 43.4 Å². The van der Waals surface area contributed by atoms with Gasteiger partial charge in [0, 0.05) is 22.1 Å². The lowest BCUT2D eigenvalue weighted by Gasteiger charge is -2.26. The van der Waals surface area contributed by atoms with Gasteiger partial charge >= 0.3 is 0 Å². The lowest BCUT2D eigenvalue weighted by atomic mass is 10.0. The molecule has 0 saturated heterocycles. The van der Waals surface area contributed by atoms with E-state index in [1.807, 2.05) is 7.05 Å². The van der Waals surface area contributed by atoms with Gasteiger partial charge in [0.25, 0.3) is 0 Å².